The van der Waals surface area contributed by atoms with Crippen LogP contribution in [0.2, 0.25) is 5.02 Å². The molecule has 1 N–H and O–H groups in total. The van der Waals surface area contributed by atoms with Crippen LogP contribution in [0.5, 0.6) is 5.75 Å². The summed E-state index contributed by atoms with van der Waals surface area (Å²) in [7, 11) is 1.64. The molecule has 0 saturated carbocycles. The maximum Gasteiger partial charge on any atom is 0.317 e. The van der Waals surface area contributed by atoms with Gasteiger partial charge in [0.15, 0.2) is 0 Å². The first-order valence-corrected chi connectivity index (χ1v) is 7.67. The van der Waals surface area contributed by atoms with Crippen LogP contribution >= 0.6 is 11.6 Å². The number of urea groups is 1. The van der Waals surface area contributed by atoms with Crippen LogP contribution in [0.3, 0.4) is 0 Å². The van der Waals surface area contributed by atoms with Crippen molar-refractivity contribution >= 4 is 23.3 Å². The molecule has 120 valence electrons. The molecule has 0 aliphatic carbocycles. The standard InChI is InChI=1S/C16H22ClN3O2/c1-4-5-18-16(21)20-8-6-19(7-9-20)14-10-12(2)13(17)11-15(14)22-3/h4,10-11H,1,5-9H2,2-3H3,(H,18,21). The van der Waals surface area contributed by atoms with Crippen LogP contribution in [0.25, 0.3) is 0 Å². The maximum atomic E-state index is 11.9. The maximum absolute atomic E-state index is 11.9. The first-order chi connectivity index (χ1) is 10.6. The lowest BCUT2D eigenvalue weighted by Gasteiger charge is -2.36. The van der Waals surface area contributed by atoms with E-state index in [1.54, 1.807) is 13.2 Å². The fraction of sp³-hybridized carbons (Fsp3) is 0.438. The minimum absolute atomic E-state index is 0.0428. The molecule has 0 radical (unpaired) electrons. The predicted octanol–water partition coefficient (Wildman–Crippen LogP) is 2.67. The van der Waals surface area contributed by atoms with Gasteiger partial charge in [0.05, 0.1) is 12.8 Å². The van der Waals surface area contributed by atoms with Crippen molar-refractivity contribution in [2.75, 3.05) is 44.7 Å². The summed E-state index contributed by atoms with van der Waals surface area (Å²) in [4.78, 5) is 16.0. The average molecular weight is 324 g/mol. The third-order valence-corrected chi connectivity index (χ3v) is 4.17. The van der Waals surface area contributed by atoms with Gasteiger partial charge in [-0.1, -0.05) is 17.7 Å². The topological polar surface area (TPSA) is 44.8 Å². The van der Waals surface area contributed by atoms with Gasteiger partial charge in [-0.05, 0) is 18.6 Å². The van der Waals surface area contributed by atoms with E-state index in [1.165, 1.54) is 0 Å². The van der Waals surface area contributed by atoms with E-state index in [2.05, 4.69) is 16.8 Å². The Hall–Kier alpha value is -1.88. The van der Waals surface area contributed by atoms with Gasteiger partial charge in [-0.2, -0.15) is 0 Å². The third kappa shape index (κ3) is 3.65. The Morgan fingerprint density at radius 3 is 2.68 bits per heavy atom. The highest BCUT2D eigenvalue weighted by molar-refractivity contribution is 6.31. The molecule has 0 aromatic heterocycles. The first kappa shape index (κ1) is 16.5. The van der Waals surface area contributed by atoms with Crippen molar-refractivity contribution in [3.63, 3.8) is 0 Å². The molecule has 1 fully saturated rings. The number of anilines is 1. The lowest BCUT2D eigenvalue weighted by Crippen LogP contribution is -2.52. The van der Waals surface area contributed by atoms with Crippen molar-refractivity contribution in [2.24, 2.45) is 0 Å². The van der Waals surface area contributed by atoms with Gasteiger partial charge in [-0.25, -0.2) is 4.79 Å². The molecule has 1 heterocycles. The predicted molar refractivity (Wildman–Crippen MR) is 90.1 cm³/mol. The second-order valence-electron chi connectivity index (χ2n) is 5.22. The van der Waals surface area contributed by atoms with Crippen LogP contribution < -0.4 is 15.0 Å². The molecule has 5 nitrogen and oxygen atoms in total. The van der Waals surface area contributed by atoms with Crippen molar-refractivity contribution in [3.8, 4) is 5.75 Å². The monoisotopic (exact) mass is 323 g/mol. The molecular weight excluding hydrogens is 302 g/mol. The van der Waals surface area contributed by atoms with Gasteiger partial charge in [-0.3, -0.25) is 0 Å². The summed E-state index contributed by atoms with van der Waals surface area (Å²) in [5, 5.41) is 3.50. The highest BCUT2D eigenvalue weighted by Gasteiger charge is 2.23. The second-order valence-corrected chi connectivity index (χ2v) is 5.63. The van der Waals surface area contributed by atoms with E-state index < -0.39 is 0 Å². The summed E-state index contributed by atoms with van der Waals surface area (Å²) in [5.74, 6) is 0.764. The van der Waals surface area contributed by atoms with Gasteiger partial charge in [0.2, 0.25) is 0 Å². The number of methoxy groups -OCH3 is 1. The molecule has 1 aromatic carbocycles. The van der Waals surface area contributed by atoms with Crippen LogP contribution in [0.4, 0.5) is 10.5 Å². The van der Waals surface area contributed by atoms with Crippen molar-refractivity contribution in [3.05, 3.63) is 35.4 Å². The molecule has 6 heteroatoms. The fourth-order valence-corrected chi connectivity index (χ4v) is 2.63. The van der Waals surface area contributed by atoms with Gasteiger partial charge in [0, 0.05) is 43.8 Å². The summed E-state index contributed by atoms with van der Waals surface area (Å²) in [6.07, 6.45) is 1.68. The summed E-state index contributed by atoms with van der Waals surface area (Å²) < 4.78 is 5.43. The van der Waals surface area contributed by atoms with Crippen molar-refractivity contribution in [1.82, 2.24) is 10.2 Å². The SMILES string of the molecule is C=CCNC(=O)N1CCN(c2cc(C)c(Cl)cc2OC)CC1. The summed E-state index contributed by atoms with van der Waals surface area (Å²) in [5.41, 5.74) is 2.04. The van der Waals surface area contributed by atoms with Crippen LogP contribution in [-0.4, -0.2) is 50.8 Å². The number of halogens is 1. The lowest BCUT2D eigenvalue weighted by atomic mass is 10.1. The zero-order chi connectivity index (χ0) is 16.1. The molecule has 2 amide bonds. The summed E-state index contributed by atoms with van der Waals surface area (Å²) in [6, 6.07) is 3.84. The van der Waals surface area contributed by atoms with E-state index in [9.17, 15) is 4.79 Å². The third-order valence-electron chi connectivity index (χ3n) is 3.77. The number of hydrogen-bond donors (Lipinski definition) is 1. The molecule has 0 unspecified atom stereocenters. The van der Waals surface area contributed by atoms with E-state index in [0.717, 1.165) is 30.1 Å². The number of ether oxygens (including phenoxy) is 1. The van der Waals surface area contributed by atoms with E-state index >= 15 is 0 Å². The molecule has 22 heavy (non-hydrogen) atoms. The average Bonchev–Trinajstić information content (AvgIpc) is 2.54. The second kappa shape index (κ2) is 7.40. The van der Waals surface area contributed by atoms with Crippen molar-refractivity contribution < 1.29 is 9.53 Å². The molecule has 2 rings (SSSR count). The molecule has 1 aromatic rings. The minimum Gasteiger partial charge on any atom is -0.495 e. The molecule has 0 atom stereocenters. The molecule has 1 aliphatic rings. The minimum atomic E-state index is -0.0428. The molecule has 0 spiro atoms. The number of rotatable bonds is 4. The number of amides is 2. The number of carbonyl (C=O) groups is 1. The zero-order valence-electron chi connectivity index (χ0n) is 13.1. The quantitative estimate of drug-likeness (QED) is 0.866. The van der Waals surface area contributed by atoms with Crippen LogP contribution in [0, 0.1) is 6.92 Å². The normalized spacial score (nSPS) is 14.7. The highest BCUT2D eigenvalue weighted by atomic mass is 35.5. The zero-order valence-corrected chi connectivity index (χ0v) is 13.8. The Morgan fingerprint density at radius 2 is 2.09 bits per heavy atom. The number of carbonyl (C=O) groups excluding carboxylic acids is 1. The molecule has 1 aliphatic heterocycles. The molecule has 0 bridgehead atoms. The van der Waals surface area contributed by atoms with E-state index in [-0.39, 0.29) is 6.03 Å². The van der Waals surface area contributed by atoms with Gasteiger partial charge in [0.25, 0.3) is 0 Å². The number of benzene rings is 1. The number of nitrogens with zero attached hydrogens (tertiary/aromatic N) is 2. The Labute approximate surface area is 136 Å². The lowest BCUT2D eigenvalue weighted by molar-refractivity contribution is 0.195. The summed E-state index contributed by atoms with van der Waals surface area (Å²) in [6.45, 7) is 8.94. The smallest absolute Gasteiger partial charge is 0.317 e. The van der Waals surface area contributed by atoms with Crippen LogP contribution in [0.15, 0.2) is 24.8 Å². The van der Waals surface area contributed by atoms with E-state index in [1.807, 2.05) is 24.0 Å². The fourth-order valence-electron chi connectivity index (χ4n) is 2.48. The first-order valence-electron chi connectivity index (χ1n) is 7.29. The number of piperazine rings is 1. The van der Waals surface area contributed by atoms with Gasteiger partial charge < -0.3 is 19.9 Å². The molecular formula is C16H22ClN3O2. The van der Waals surface area contributed by atoms with E-state index in [4.69, 9.17) is 16.3 Å². The number of aryl methyl sites for hydroxylation is 1. The van der Waals surface area contributed by atoms with Crippen molar-refractivity contribution in [2.45, 2.75) is 6.92 Å². The number of hydrogen-bond acceptors (Lipinski definition) is 3. The van der Waals surface area contributed by atoms with Crippen molar-refractivity contribution in [1.29, 1.82) is 0 Å². The Bertz CT molecular complexity index is 555. The molecule has 1 saturated heterocycles. The largest absolute Gasteiger partial charge is 0.495 e. The van der Waals surface area contributed by atoms with Gasteiger partial charge in [0.1, 0.15) is 5.75 Å². The number of nitrogens with one attached hydrogen (secondary N) is 1. The highest BCUT2D eigenvalue weighted by Crippen LogP contribution is 2.34. The van der Waals surface area contributed by atoms with Crippen LogP contribution in [-0.2, 0) is 0 Å². The van der Waals surface area contributed by atoms with Crippen LogP contribution in [0.1, 0.15) is 5.56 Å². The Kier molecular flexibility index (Phi) is 5.55. The Morgan fingerprint density at radius 1 is 1.41 bits per heavy atom. The van der Waals surface area contributed by atoms with Gasteiger partial charge >= 0.3 is 6.03 Å². The van der Waals surface area contributed by atoms with E-state index in [0.29, 0.717) is 24.7 Å². The van der Waals surface area contributed by atoms with Gasteiger partial charge in [-0.15, -0.1) is 6.58 Å². The Balaban J connectivity index is 2.04. The summed E-state index contributed by atoms with van der Waals surface area (Å²) >= 11 is 6.15.